The molecule has 100 valence electrons. The quantitative estimate of drug-likeness (QED) is 0.611. The first-order chi connectivity index (χ1) is 8.58. The zero-order chi connectivity index (χ0) is 13.5. The largest absolute Gasteiger partial charge is 0.486 e. The summed E-state index contributed by atoms with van der Waals surface area (Å²) in [7, 11) is 0. The van der Waals surface area contributed by atoms with Gasteiger partial charge in [-0.2, -0.15) is 0 Å². The van der Waals surface area contributed by atoms with Gasteiger partial charge in [0.15, 0.2) is 5.75 Å². The van der Waals surface area contributed by atoms with Crippen molar-refractivity contribution in [2.75, 3.05) is 13.2 Å². The van der Waals surface area contributed by atoms with Crippen LogP contribution < -0.4 is 10.5 Å². The summed E-state index contributed by atoms with van der Waals surface area (Å²) in [6, 6.07) is 4.29. The van der Waals surface area contributed by atoms with Gasteiger partial charge in [-0.05, 0) is 24.9 Å². The molecule has 18 heavy (non-hydrogen) atoms. The second kappa shape index (κ2) is 7.18. The molecule has 0 aromatic heterocycles. The van der Waals surface area contributed by atoms with Gasteiger partial charge in [-0.15, -0.1) is 0 Å². The molecule has 0 fully saturated rings. The molecule has 2 N–H and O–H groups in total. The van der Waals surface area contributed by atoms with Crippen LogP contribution in [0.25, 0.3) is 0 Å². The Bertz CT molecular complexity index is 412. The number of hydrogen-bond acceptors (Lipinski definition) is 4. The predicted octanol–water partition coefficient (Wildman–Crippen LogP) is 3.00. The molecule has 1 rings (SSSR count). The lowest BCUT2D eigenvalue weighted by Gasteiger charge is -2.14. The van der Waals surface area contributed by atoms with Crippen LogP contribution in [0.15, 0.2) is 18.2 Å². The fourth-order valence-electron chi connectivity index (χ4n) is 1.60. The first kappa shape index (κ1) is 14.7. The highest BCUT2D eigenvalue weighted by molar-refractivity contribution is 6.30. The molecule has 1 aromatic rings. The first-order valence-electron chi connectivity index (χ1n) is 5.85. The fourth-order valence-corrected chi connectivity index (χ4v) is 1.77. The number of halogens is 1. The minimum atomic E-state index is -0.477. The van der Waals surface area contributed by atoms with E-state index in [9.17, 15) is 10.1 Å². The normalized spacial score (nSPS) is 12.2. The second-order valence-corrected chi connectivity index (χ2v) is 4.47. The van der Waals surface area contributed by atoms with Gasteiger partial charge in [0.25, 0.3) is 0 Å². The van der Waals surface area contributed by atoms with Crippen LogP contribution in [0.4, 0.5) is 5.69 Å². The second-order valence-electron chi connectivity index (χ2n) is 4.03. The molecule has 0 amide bonds. The van der Waals surface area contributed by atoms with Crippen molar-refractivity contribution in [3.8, 4) is 5.75 Å². The summed E-state index contributed by atoms with van der Waals surface area (Å²) >= 11 is 5.81. The van der Waals surface area contributed by atoms with Gasteiger partial charge in [0.05, 0.1) is 11.5 Å². The molecule has 0 aliphatic carbocycles. The molecule has 0 aliphatic heterocycles. The van der Waals surface area contributed by atoms with Gasteiger partial charge >= 0.3 is 5.69 Å². The standard InChI is InChI=1S/C12H17ClN2O3/c1-2-9(5-6-14)8-18-12-7-10(13)3-4-11(12)15(16)17/h3-4,7,9H,2,5-6,8,14H2,1H3. The van der Waals surface area contributed by atoms with Gasteiger partial charge in [-0.1, -0.05) is 24.9 Å². The Morgan fingerprint density at radius 3 is 2.83 bits per heavy atom. The number of nitro groups is 1. The van der Waals surface area contributed by atoms with E-state index in [0.29, 0.717) is 24.1 Å². The predicted molar refractivity (Wildman–Crippen MR) is 71.1 cm³/mol. The Kier molecular flexibility index (Phi) is 5.88. The lowest BCUT2D eigenvalue weighted by molar-refractivity contribution is -0.385. The number of hydrogen-bond donors (Lipinski definition) is 1. The molecular weight excluding hydrogens is 256 g/mol. The van der Waals surface area contributed by atoms with Crippen LogP contribution >= 0.6 is 11.6 Å². The van der Waals surface area contributed by atoms with Crippen molar-refractivity contribution in [1.29, 1.82) is 0 Å². The van der Waals surface area contributed by atoms with E-state index < -0.39 is 4.92 Å². The maximum Gasteiger partial charge on any atom is 0.311 e. The van der Waals surface area contributed by atoms with Crippen LogP contribution in [0.2, 0.25) is 5.02 Å². The number of rotatable bonds is 7. The van der Waals surface area contributed by atoms with Crippen molar-refractivity contribution in [2.24, 2.45) is 11.7 Å². The summed E-state index contributed by atoms with van der Waals surface area (Å²) in [6.45, 7) is 3.03. The summed E-state index contributed by atoms with van der Waals surface area (Å²) < 4.78 is 5.50. The smallest absolute Gasteiger partial charge is 0.311 e. The average molecular weight is 273 g/mol. The van der Waals surface area contributed by atoms with Gasteiger partial charge < -0.3 is 10.5 Å². The zero-order valence-electron chi connectivity index (χ0n) is 10.3. The third kappa shape index (κ3) is 4.16. The van der Waals surface area contributed by atoms with E-state index in [-0.39, 0.29) is 11.4 Å². The van der Waals surface area contributed by atoms with E-state index in [2.05, 4.69) is 0 Å². The number of benzene rings is 1. The van der Waals surface area contributed by atoms with Crippen LogP contribution in [0.3, 0.4) is 0 Å². The molecule has 0 aliphatic rings. The summed E-state index contributed by atoms with van der Waals surface area (Å²) in [5.41, 5.74) is 5.42. The van der Waals surface area contributed by atoms with Crippen molar-refractivity contribution in [1.82, 2.24) is 0 Å². The summed E-state index contributed by atoms with van der Waals surface area (Å²) in [6.07, 6.45) is 1.76. The van der Waals surface area contributed by atoms with E-state index >= 15 is 0 Å². The Hall–Kier alpha value is -1.33. The highest BCUT2D eigenvalue weighted by Gasteiger charge is 2.16. The molecule has 6 heteroatoms. The van der Waals surface area contributed by atoms with Crippen LogP contribution in [-0.2, 0) is 0 Å². The molecule has 0 bridgehead atoms. The number of nitro benzene ring substituents is 1. The molecule has 0 spiro atoms. The van der Waals surface area contributed by atoms with Crippen molar-refractivity contribution < 1.29 is 9.66 Å². The first-order valence-corrected chi connectivity index (χ1v) is 6.23. The zero-order valence-corrected chi connectivity index (χ0v) is 11.0. The minimum Gasteiger partial charge on any atom is -0.486 e. The van der Waals surface area contributed by atoms with Crippen molar-refractivity contribution >= 4 is 17.3 Å². The third-order valence-corrected chi connectivity index (χ3v) is 2.98. The molecule has 1 atom stereocenters. The Morgan fingerprint density at radius 1 is 1.56 bits per heavy atom. The maximum atomic E-state index is 10.8. The molecule has 0 saturated carbocycles. The third-order valence-electron chi connectivity index (χ3n) is 2.75. The lowest BCUT2D eigenvalue weighted by atomic mass is 10.0. The Morgan fingerprint density at radius 2 is 2.28 bits per heavy atom. The number of ether oxygens (including phenoxy) is 1. The lowest BCUT2D eigenvalue weighted by Crippen LogP contribution is -2.16. The van der Waals surface area contributed by atoms with Crippen molar-refractivity contribution in [3.05, 3.63) is 33.3 Å². The summed E-state index contributed by atoms with van der Waals surface area (Å²) in [5.74, 6) is 0.511. The van der Waals surface area contributed by atoms with Gasteiger partial charge in [-0.25, -0.2) is 0 Å². The van der Waals surface area contributed by atoms with E-state index in [1.807, 2.05) is 6.92 Å². The van der Waals surface area contributed by atoms with Crippen molar-refractivity contribution in [3.63, 3.8) is 0 Å². The summed E-state index contributed by atoms with van der Waals surface area (Å²) in [5, 5.41) is 11.3. The SMILES string of the molecule is CCC(CCN)COc1cc(Cl)ccc1[N+](=O)[O-]. The van der Waals surface area contributed by atoms with Gasteiger partial charge in [0.2, 0.25) is 0 Å². The highest BCUT2D eigenvalue weighted by atomic mass is 35.5. The monoisotopic (exact) mass is 272 g/mol. The van der Waals surface area contributed by atoms with E-state index in [1.54, 1.807) is 0 Å². The molecule has 1 unspecified atom stereocenters. The maximum absolute atomic E-state index is 10.8. The highest BCUT2D eigenvalue weighted by Crippen LogP contribution is 2.30. The van der Waals surface area contributed by atoms with Crippen LogP contribution in [0, 0.1) is 16.0 Å². The van der Waals surface area contributed by atoms with Crippen LogP contribution in [-0.4, -0.2) is 18.1 Å². The molecule has 0 heterocycles. The molecular formula is C12H17ClN2O3. The minimum absolute atomic E-state index is 0.0676. The summed E-state index contributed by atoms with van der Waals surface area (Å²) in [4.78, 5) is 10.4. The Balaban J connectivity index is 2.76. The van der Waals surface area contributed by atoms with Crippen molar-refractivity contribution in [2.45, 2.75) is 19.8 Å². The molecule has 1 aromatic carbocycles. The van der Waals surface area contributed by atoms with Crippen LogP contribution in [0.1, 0.15) is 19.8 Å². The number of nitrogens with two attached hydrogens (primary N) is 1. The fraction of sp³-hybridized carbons (Fsp3) is 0.500. The molecule has 0 radical (unpaired) electrons. The average Bonchev–Trinajstić information content (AvgIpc) is 2.34. The van der Waals surface area contributed by atoms with E-state index in [4.69, 9.17) is 22.1 Å². The van der Waals surface area contributed by atoms with Gasteiger partial charge in [0.1, 0.15) is 0 Å². The van der Waals surface area contributed by atoms with E-state index in [0.717, 1.165) is 12.8 Å². The molecule has 5 nitrogen and oxygen atoms in total. The van der Waals surface area contributed by atoms with Gasteiger partial charge in [0, 0.05) is 17.2 Å². The van der Waals surface area contributed by atoms with Crippen LogP contribution in [0.5, 0.6) is 5.75 Å². The number of nitrogens with zero attached hydrogens (tertiary/aromatic N) is 1. The van der Waals surface area contributed by atoms with E-state index in [1.165, 1.54) is 18.2 Å². The topological polar surface area (TPSA) is 78.4 Å². The molecule has 0 saturated heterocycles. The van der Waals surface area contributed by atoms with Gasteiger partial charge in [-0.3, -0.25) is 10.1 Å². The Labute approximate surface area is 111 Å².